The summed E-state index contributed by atoms with van der Waals surface area (Å²) in [5.74, 6) is 3.35. The van der Waals surface area contributed by atoms with Crippen LogP contribution in [-0.2, 0) is 10.8 Å². The zero-order valence-electron chi connectivity index (χ0n) is 29.1. The van der Waals surface area contributed by atoms with Gasteiger partial charge in [0.15, 0.2) is 0 Å². The van der Waals surface area contributed by atoms with E-state index in [0.29, 0.717) is 0 Å². The van der Waals surface area contributed by atoms with Gasteiger partial charge in [0, 0.05) is 27.9 Å². The molecule has 4 saturated carbocycles. The molecule has 0 amide bonds. The molecule has 6 aromatic carbocycles. The summed E-state index contributed by atoms with van der Waals surface area (Å²) in [4.78, 5) is 2.54. The standard InChI is InChI=1S/C49H43N/c1-48(2)44-14-8-6-13-41(44)43-29-38(21-23-45(43)48)50(37-18-16-34(17-19-37)33-10-4-3-5-11-33)39-20-22-42-40-12-7-9-15-46(40)49(47(42)30-39)35-25-31-24-32(27-35)28-36(49)26-31/h3-23,29-32,35-36H,24-28H2,1-2H3. The third-order valence-corrected chi connectivity index (χ3v) is 13.9. The largest absolute Gasteiger partial charge is 0.310 e. The summed E-state index contributed by atoms with van der Waals surface area (Å²) >= 11 is 0. The van der Waals surface area contributed by atoms with Gasteiger partial charge in [-0.2, -0.15) is 0 Å². The van der Waals surface area contributed by atoms with Crippen LogP contribution in [0.3, 0.4) is 0 Å². The molecule has 0 N–H and O–H groups in total. The topological polar surface area (TPSA) is 3.24 Å². The maximum absolute atomic E-state index is 2.63. The number of hydrogen-bond donors (Lipinski definition) is 0. The van der Waals surface area contributed by atoms with Crippen molar-refractivity contribution in [3.63, 3.8) is 0 Å². The van der Waals surface area contributed by atoms with Crippen molar-refractivity contribution in [1.82, 2.24) is 0 Å². The molecule has 0 radical (unpaired) electrons. The number of benzene rings is 6. The fraction of sp³-hybridized carbons (Fsp3) is 0.265. The van der Waals surface area contributed by atoms with Crippen LogP contribution in [0.2, 0.25) is 0 Å². The van der Waals surface area contributed by atoms with Crippen LogP contribution in [0.15, 0.2) is 140 Å². The number of hydrogen-bond acceptors (Lipinski definition) is 1. The van der Waals surface area contributed by atoms with Crippen LogP contribution < -0.4 is 4.90 Å². The van der Waals surface area contributed by atoms with Crippen LogP contribution in [0.4, 0.5) is 17.1 Å². The highest BCUT2D eigenvalue weighted by molar-refractivity contribution is 5.89. The Hall–Kier alpha value is -4.88. The lowest BCUT2D eigenvalue weighted by Gasteiger charge is -2.61. The summed E-state index contributed by atoms with van der Waals surface area (Å²) < 4.78 is 0. The van der Waals surface area contributed by atoms with Crippen LogP contribution >= 0.6 is 0 Å². The van der Waals surface area contributed by atoms with E-state index in [4.69, 9.17) is 0 Å². The van der Waals surface area contributed by atoms with Gasteiger partial charge in [-0.3, -0.25) is 0 Å². The van der Waals surface area contributed by atoms with Gasteiger partial charge in [-0.15, -0.1) is 0 Å². The highest BCUT2D eigenvalue weighted by atomic mass is 15.1. The minimum absolute atomic E-state index is 0.0161. The van der Waals surface area contributed by atoms with Gasteiger partial charge < -0.3 is 4.90 Å². The van der Waals surface area contributed by atoms with E-state index in [1.54, 1.807) is 11.1 Å². The molecule has 1 heteroatoms. The minimum atomic E-state index is -0.0161. The Morgan fingerprint density at radius 1 is 0.420 bits per heavy atom. The fourth-order valence-electron chi connectivity index (χ4n) is 12.0. The Kier molecular flexibility index (Phi) is 5.97. The van der Waals surface area contributed by atoms with E-state index >= 15 is 0 Å². The molecule has 4 fully saturated rings. The third-order valence-electron chi connectivity index (χ3n) is 13.9. The fourth-order valence-corrected chi connectivity index (χ4v) is 12.0. The average Bonchev–Trinajstić information content (AvgIpc) is 3.56. The maximum Gasteiger partial charge on any atom is 0.0468 e. The summed E-state index contributed by atoms with van der Waals surface area (Å²) in [6.07, 6.45) is 7.07. The van der Waals surface area contributed by atoms with Crippen molar-refractivity contribution in [2.24, 2.45) is 23.7 Å². The Bertz CT molecular complexity index is 2280. The molecule has 12 rings (SSSR count). The van der Waals surface area contributed by atoms with Crippen LogP contribution in [0.25, 0.3) is 33.4 Å². The molecule has 6 aromatic rings. The van der Waals surface area contributed by atoms with Gasteiger partial charge >= 0.3 is 0 Å². The first-order valence-electron chi connectivity index (χ1n) is 18.9. The van der Waals surface area contributed by atoms with Gasteiger partial charge in [-0.05, 0) is 148 Å². The molecule has 0 saturated heterocycles. The zero-order valence-corrected chi connectivity index (χ0v) is 29.1. The minimum Gasteiger partial charge on any atom is -0.310 e. The van der Waals surface area contributed by atoms with Gasteiger partial charge in [-0.1, -0.05) is 117 Å². The highest BCUT2D eigenvalue weighted by Crippen LogP contribution is 2.69. The van der Waals surface area contributed by atoms with Crippen LogP contribution in [0.1, 0.15) is 68.2 Å². The molecule has 0 aliphatic heterocycles. The van der Waals surface area contributed by atoms with Crippen molar-refractivity contribution in [2.75, 3.05) is 4.90 Å². The Labute approximate surface area is 296 Å². The van der Waals surface area contributed by atoms with Crippen molar-refractivity contribution in [1.29, 1.82) is 0 Å². The van der Waals surface area contributed by atoms with Gasteiger partial charge in [0.05, 0.1) is 0 Å². The molecule has 6 aliphatic rings. The summed E-state index contributed by atoms with van der Waals surface area (Å²) in [6, 6.07) is 53.2. The number of fused-ring (bicyclic) bond motifs is 6. The zero-order chi connectivity index (χ0) is 33.2. The lowest BCUT2D eigenvalue weighted by molar-refractivity contribution is -0.0399. The van der Waals surface area contributed by atoms with Gasteiger partial charge in [-0.25, -0.2) is 0 Å². The molecule has 244 valence electrons. The highest BCUT2D eigenvalue weighted by Gasteiger charge is 2.61. The van der Waals surface area contributed by atoms with Crippen molar-refractivity contribution >= 4 is 17.1 Å². The lowest BCUT2D eigenvalue weighted by Crippen LogP contribution is -2.55. The first-order chi connectivity index (χ1) is 24.5. The van der Waals surface area contributed by atoms with Crippen molar-refractivity contribution in [3.8, 4) is 33.4 Å². The number of nitrogens with zero attached hydrogens (tertiary/aromatic N) is 1. The van der Waals surface area contributed by atoms with E-state index in [9.17, 15) is 0 Å². The molecular weight excluding hydrogens is 603 g/mol. The first kappa shape index (κ1) is 28.9. The molecule has 0 unspecified atom stereocenters. The lowest BCUT2D eigenvalue weighted by atomic mass is 9.43. The second-order valence-corrected chi connectivity index (χ2v) is 16.6. The second-order valence-electron chi connectivity index (χ2n) is 16.6. The van der Waals surface area contributed by atoms with Crippen molar-refractivity contribution in [2.45, 2.75) is 56.8 Å². The monoisotopic (exact) mass is 645 g/mol. The van der Waals surface area contributed by atoms with Crippen molar-refractivity contribution in [3.05, 3.63) is 162 Å². The van der Waals surface area contributed by atoms with Gasteiger partial charge in [0.2, 0.25) is 0 Å². The Morgan fingerprint density at radius 3 is 1.66 bits per heavy atom. The van der Waals surface area contributed by atoms with E-state index in [2.05, 4.69) is 158 Å². The normalized spacial score (nSPS) is 25.6. The van der Waals surface area contributed by atoms with Gasteiger partial charge in [0.1, 0.15) is 0 Å². The summed E-state index contributed by atoms with van der Waals surface area (Å²) in [5.41, 5.74) is 18.0. The summed E-state index contributed by atoms with van der Waals surface area (Å²) in [5, 5.41) is 0. The maximum atomic E-state index is 2.63. The molecular formula is C49H43N. The quantitative estimate of drug-likeness (QED) is 0.184. The van der Waals surface area contributed by atoms with E-state index in [1.165, 1.54) is 93.7 Å². The Balaban J connectivity index is 1.11. The van der Waals surface area contributed by atoms with E-state index in [1.807, 2.05) is 0 Å². The molecule has 1 nitrogen and oxygen atoms in total. The molecule has 1 spiro atoms. The number of anilines is 3. The second kappa shape index (κ2) is 10.3. The van der Waals surface area contributed by atoms with Crippen molar-refractivity contribution < 1.29 is 0 Å². The van der Waals surface area contributed by atoms with E-state index in [-0.39, 0.29) is 10.8 Å². The number of rotatable bonds is 4. The van der Waals surface area contributed by atoms with E-state index < -0.39 is 0 Å². The molecule has 50 heavy (non-hydrogen) atoms. The third kappa shape index (κ3) is 3.84. The molecule has 6 aliphatic carbocycles. The molecule has 0 atom stereocenters. The molecule has 0 aromatic heterocycles. The van der Waals surface area contributed by atoms with Crippen LogP contribution in [-0.4, -0.2) is 0 Å². The summed E-state index contributed by atoms with van der Waals surface area (Å²) in [6.45, 7) is 4.75. The predicted octanol–water partition coefficient (Wildman–Crippen LogP) is 12.9. The average molecular weight is 646 g/mol. The van der Waals surface area contributed by atoms with Crippen LogP contribution in [0.5, 0.6) is 0 Å². The predicted molar refractivity (Wildman–Crippen MR) is 207 cm³/mol. The molecule has 4 bridgehead atoms. The van der Waals surface area contributed by atoms with E-state index in [0.717, 1.165) is 23.7 Å². The smallest absolute Gasteiger partial charge is 0.0468 e. The summed E-state index contributed by atoms with van der Waals surface area (Å²) in [7, 11) is 0. The van der Waals surface area contributed by atoms with Gasteiger partial charge in [0.25, 0.3) is 0 Å². The SMILES string of the molecule is CC1(C)c2ccccc2-c2cc(N(c3ccc(-c4ccccc4)cc3)c3ccc4c(c3)C3(c5ccccc5-4)C4CC5CC(C4)CC3C5)ccc21. The van der Waals surface area contributed by atoms with Crippen LogP contribution in [0, 0.1) is 23.7 Å². The molecule has 0 heterocycles. The first-order valence-corrected chi connectivity index (χ1v) is 18.9. The Morgan fingerprint density at radius 2 is 0.940 bits per heavy atom.